The molecule has 35 heavy (non-hydrogen) atoms. The van der Waals surface area contributed by atoms with E-state index in [0.717, 1.165) is 13.2 Å². The van der Waals surface area contributed by atoms with E-state index < -0.39 is 60.6 Å². The molecule has 2 aromatic rings. The zero-order chi connectivity index (χ0) is 25.9. The highest BCUT2D eigenvalue weighted by atomic mass is 19.4. The minimum absolute atomic E-state index is 0.154. The summed E-state index contributed by atoms with van der Waals surface area (Å²) in [5.74, 6) is -5.83. The highest BCUT2D eigenvalue weighted by Gasteiger charge is 2.47. The van der Waals surface area contributed by atoms with Crippen LogP contribution in [0.4, 0.5) is 33.7 Å². The molecule has 2 N–H and O–H groups in total. The molecule has 2 aromatic carbocycles. The number of benzene rings is 2. The number of fused-ring (bicyclic) bond motifs is 1. The van der Waals surface area contributed by atoms with Gasteiger partial charge in [-0.3, -0.25) is 19.4 Å². The quantitative estimate of drug-likeness (QED) is 0.444. The van der Waals surface area contributed by atoms with Gasteiger partial charge in [-0.05, 0) is 5.56 Å². The molecule has 0 unspecified atom stereocenters. The fourth-order valence-corrected chi connectivity index (χ4v) is 3.68. The normalized spacial score (nSPS) is 14.9. The zero-order valence-electron chi connectivity index (χ0n) is 18.2. The monoisotopic (exact) mass is 500 g/mol. The van der Waals surface area contributed by atoms with Crippen LogP contribution >= 0.6 is 0 Å². The number of alkyl halides is 3. The van der Waals surface area contributed by atoms with Crippen molar-refractivity contribution in [3.63, 3.8) is 0 Å². The van der Waals surface area contributed by atoms with E-state index in [1.165, 1.54) is 0 Å². The molecule has 13 heteroatoms. The number of carbonyl (C=O) groups is 3. The van der Waals surface area contributed by atoms with Gasteiger partial charge in [-0.1, -0.05) is 30.3 Å². The molecule has 0 aliphatic carbocycles. The third-order valence-corrected chi connectivity index (χ3v) is 5.27. The summed E-state index contributed by atoms with van der Waals surface area (Å²) in [5, 5.41) is 19.1. The van der Waals surface area contributed by atoms with Gasteiger partial charge < -0.3 is 19.7 Å². The van der Waals surface area contributed by atoms with E-state index in [2.05, 4.69) is 4.74 Å². The van der Waals surface area contributed by atoms with Crippen molar-refractivity contribution < 1.29 is 51.6 Å². The number of anilines is 2. The predicted octanol–water partition coefficient (Wildman–Crippen LogP) is 2.87. The number of amides is 2. The lowest BCUT2D eigenvalue weighted by molar-refractivity contribution is -0.171. The lowest BCUT2D eigenvalue weighted by atomic mass is 10.1. The topological polar surface area (TPSA) is 117 Å². The van der Waals surface area contributed by atoms with Crippen LogP contribution in [0.25, 0.3) is 0 Å². The van der Waals surface area contributed by atoms with Crippen LogP contribution in [0.3, 0.4) is 0 Å². The van der Waals surface area contributed by atoms with Gasteiger partial charge in [-0.25, -0.2) is 9.18 Å². The molecular formula is C22H20F4N2O7. The van der Waals surface area contributed by atoms with Crippen molar-refractivity contribution in [1.82, 2.24) is 0 Å². The van der Waals surface area contributed by atoms with Crippen molar-refractivity contribution in [3.8, 4) is 5.75 Å². The van der Waals surface area contributed by atoms with E-state index in [4.69, 9.17) is 4.74 Å². The SMILES string of the molecule is COC(=O)CN(C(=O)C(F)(F)F)c1c(OCc2ccccc2)cc2c(c1F)C[C@@H](CO)N2C(=O)O. The average Bonchev–Trinajstić information content (AvgIpc) is 3.20. The summed E-state index contributed by atoms with van der Waals surface area (Å²) in [4.78, 5) is 36.3. The standard InChI is InChI=1S/C22H20F4N2O7/c1-34-17(30)9-27(20(31)22(24,25)26)19-16(35-11-12-5-3-2-4-6-12)8-15-14(18(19)23)7-13(10-29)28(15)21(32)33/h2-6,8,13,29H,7,9-11H2,1H3,(H,32,33)/t13-/m0/s1. The van der Waals surface area contributed by atoms with E-state index >= 15 is 4.39 Å². The summed E-state index contributed by atoms with van der Waals surface area (Å²) in [6.07, 6.45) is -7.42. The van der Waals surface area contributed by atoms with Crippen molar-refractivity contribution in [2.45, 2.75) is 25.2 Å². The fourth-order valence-electron chi connectivity index (χ4n) is 3.68. The summed E-state index contributed by atoms with van der Waals surface area (Å²) in [6, 6.07) is 8.07. The number of esters is 1. The first-order valence-electron chi connectivity index (χ1n) is 10.1. The fraction of sp³-hybridized carbons (Fsp3) is 0.318. The third-order valence-electron chi connectivity index (χ3n) is 5.27. The molecule has 3 rings (SSSR count). The number of rotatable bonds is 7. The molecule has 0 saturated heterocycles. The lowest BCUT2D eigenvalue weighted by Gasteiger charge is -2.27. The van der Waals surface area contributed by atoms with E-state index in [9.17, 15) is 37.8 Å². The van der Waals surface area contributed by atoms with Crippen LogP contribution in [0.15, 0.2) is 36.4 Å². The maximum Gasteiger partial charge on any atom is 0.471 e. The summed E-state index contributed by atoms with van der Waals surface area (Å²) in [7, 11) is 0.876. The van der Waals surface area contributed by atoms with Crippen molar-refractivity contribution in [2.24, 2.45) is 0 Å². The number of ether oxygens (including phenoxy) is 2. The number of carboxylic acid groups (broad SMARTS) is 1. The molecule has 188 valence electrons. The molecule has 0 saturated carbocycles. The van der Waals surface area contributed by atoms with Crippen LogP contribution in [-0.2, 0) is 27.4 Å². The Bertz CT molecular complexity index is 1130. The minimum Gasteiger partial charge on any atom is -0.487 e. The van der Waals surface area contributed by atoms with Crippen LogP contribution in [-0.4, -0.2) is 60.7 Å². The molecule has 1 aliphatic heterocycles. The second kappa shape index (κ2) is 10.2. The van der Waals surface area contributed by atoms with Gasteiger partial charge in [0.2, 0.25) is 0 Å². The Labute approximate surface area is 196 Å². The molecule has 2 amide bonds. The highest BCUT2D eigenvalue weighted by molar-refractivity contribution is 6.03. The van der Waals surface area contributed by atoms with Gasteiger partial charge >= 0.3 is 24.1 Å². The molecule has 1 aliphatic rings. The van der Waals surface area contributed by atoms with Gasteiger partial charge in [-0.15, -0.1) is 0 Å². The number of methoxy groups -OCH3 is 1. The Kier molecular flexibility index (Phi) is 7.48. The molecular weight excluding hydrogens is 480 g/mol. The highest BCUT2D eigenvalue weighted by Crippen LogP contribution is 2.45. The number of carbonyl (C=O) groups excluding carboxylic acids is 2. The first kappa shape index (κ1) is 25.7. The maximum atomic E-state index is 15.8. The largest absolute Gasteiger partial charge is 0.487 e. The van der Waals surface area contributed by atoms with Crippen LogP contribution in [0.1, 0.15) is 11.1 Å². The zero-order valence-corrected chi connectivity index (χ0v) is 18.2. The van der Waals surface area contributed by atoms with Crippen LogP contribution < -0.4 is 14.5 Å². The molecule has 1 heterocycles. The van der Waals surface area contributed by atoms with Crippen molar-refractivity contribution in [1.29, 1.82) is 0 Å². The van der Waals surface area contributed by atoms with Crippen LogP contribution in [0.2, 0.25) is 0 Å². The molecule has 1 atom stereocenters. The van der Waals surface area contributed by atoms with E-state index in [-0.39, 0.29) is 29.2 Å². The summed E-state index contributed by atoms with van der Waals surface area (Å²) >= 11 is 0. The van der Waals surface area contributed by atoms with Crippen LogP contribution in [0, 0.1) is 5.82 Å². The number of aliphatic hydroxyl groups excluding tert-OH is 1. The van der Waals surface area contributed by atoms with Gasteiger partial charge in [0.05, 0.1) is 25.4 Å². The van der Waals surface area contributed by atoms with Gasteiger partial charge in [0, 0.05) is 18.1 Å². The van der Waals surface area contributed by atoms with Gasteiger partial charge in [-0.2, -0.15) is 13.2 Å². The molecule has 0 fully saturated rings. The smallest absolute Gasteiger partial charge is 0.471 e. The Morgan fingerprint density at radius 3 is 2.40 bits per heavy atom. The van der Waals surface area contributed by atoms with Crippen molar-refractivity contribution in [2.75, 3.05) is 30.1 Å². The molecule has 9 nitrogen and oxygen atoms in total. The van der Waals surface area contributed by atoms with Crippen LogP contribution in [0.5, 0.6) is 5.75 Å². The Balaban J connectivity index is 2.21. The number of nitrogens with zero attached hydrogens (tertiary/aromatic N) is 2. The van der Waals surface area contributed by atoms with E-state index in [1.54, 1.807) is 30.3 Å². The number of aliphatic hydroxyl groups is 1. The minimum atomic E-state index is -5.49. The van der Waals surface area contributed by atoms with Gasteiger partial charge in [0.15, 0.2) is 5.82 Å². The lowest BCUT2D eigenvalue weighted by Crippen LogP contribution is -2.45. The summed E-state index contributed by atoms with van der Waals surface area (Å²) in [5.41, 5.74) is -1.10. The molecule has 0 bridgehead atoms. The van der Waals surface area contributed by atoms with Crippen molar-refractivity contribution >= 4 is 29.3 Å². The Hall–Kier alpha value is -3.87. The summed E-state index contributed by atoms with van der Waals surface area (Å²) in [6.45, 7) is -2.28. The first-order chi connectivity index (χ1) is 16.5. The maximum absolute atomic E-state index is 15.8. The second-order valence-electron chi connectivity index (χ2n) is 7.47. The molecule has 0 radical (unpaired) electrons. The first-order valence-corrected chi connectivity index (χ1v) is 10.1. The number of hydrogen-bond acceptors (Lipinski definition) is 6. The average molecular weight is 500 g/mol. The number of hydrogen-bond donors (Lipinski definition) is 2. The second-order valence-corrected chi connectivity index (χ2v) is 7.47. The number of halogens is 4. The Morgan fingerprint density at radius 2 is 1.86 bits per heavy atom. The van der Waals surface area contributed by atoms with Gasteiger partial charge in [0.25, 0.3) is 0 Å². The molecule has 0 aromatic heterocycles. The predicted molar refractivity (Wildman–Crippen MR) is 113 cm³/mol. The summed E-state index contributed by atoms with van der Waals surface area (Å²) < 4.78 is 65.8. The van der Waals surface area contributed by atoms with E-state index in [0.29, 0.717) is 10.5 Å². The molecule has 0 spiro atoms. The van der Waals surface area contributed by atoms with E-state index in [1.807, 2.05) is 0 Å². The Morgan fingerprint density at radius 1 is 1.20 bits per heavy atom. The van der Waals surface area contributed by atoms with Gasteiger partial charge in [0.1, 0.15) is 24.6 Å². The third kappa shape index (κ3) is 5.29. The van der Waals surface area contributed by atoms with Crippen molar-refractivity contribution in [3.05, 3.63) is 53.3 Å².